The fourth-order valence-corrected chi connectivity index (χ4v) is 8.70. The fourth-order valence-electron chi connectivity index (χ4n) is 8.70. The summed E-state index contributed by atoms with van der Waals surface area (Å²) < 4.78 is 0. The maximum Gasteiger partial charge on any atom is 0.0431 e. The van der Waals surface area contributed by atoms with E-state index >= 15 is 0 Å². The average Bonchev–Trinajstić information content (AvgIpc) is 3.65. The molecule has 0 saturated heterocycles. The van der Waals surface area contributed by atoms with Crippen LogP contribution in [0.15, 0.2) is 0 Å². The van der Waals surface area contributed by atoms with Crippen LogP contribution in [0, 0.1) is 10.8 Å². The average molecular weight is 619 g/mol. The topological polar surface area (TPSA) is 20.2 Å². The molecule has 44 heavy (non-hydrogen) atoms. The molecule has 0 aromatic rings. The minimum absolute atomic E-state index is 0.387. The van der Waals surface area contributed by atoms with Crippen LogP contribution in [0.4, 0.5) is 0 Å². The highest BCUT2D eigenvalue weighted by molar-refractivity contribution is 5.13. The summed E-state index contributed by atoms with van der Waals surface area (Å²) in [6, 6.07) is 0. The van der Waals surface area contributed by atoms with Crippen molar-refractivity contribution in [3.8, 4) is 0 Å². The molecule has 0 bridgehead atoms. The Labute approximate surface area is 280 Å². The number of unbranched alkanes of at least 4 members (excludes halogenated alkanes) is 28. The van der Waals surface area contributed by atoms with Crippen molar-refractivity contribution < 1.29 is 5.11 Å². The standard InChI is InChI=1S/C43H86O/c1-4-7-10-13-16-19-22-25-28-31-36-42(37-32-29-26-23-20-17-14-11-8-5-2)41-43(42,39-34-35-40-44)38-33-30-27-24-21-18-15-12-9-6-3/h44H,4-41H2,1-3H3. The molecule has 1 N–H and O–H groups in total. The second-order valence-corrected chi connectivity index (χ2v) is 15.7. The second-order valence-electron chi connectivity index (χ2n) is 15.7. The van der Waals surface area contributed by atoms with Gasteiger partial charge in [-0.3, -0.25) is 0 Å². The first-order chi connectivity index (χ1) is 21.7. The predicted molar refractivity (Wildman–Crippen MR) is 200 cm³/mol. The van der Waals surface area contributed by atoms with E-state index in [0.29, 0.717) is 17.4 Å². The molecule has 1 atom stereocenters. The molecule has 1 saturated carbocycles. The van der Waals surface area contributed by atoms with E-state index in [1.54, 1.807) is 0 Å². The third kappa shape index (κ3) is 21.0. The number of hydrogen-bond donors (Lipinski definition) is 1. The van der Waals surface area contributed by atoms with Gasteiger partial charge in [0.2, 0.25) is 0 Å². The Bertz CT molecular complexity index is 545. The van der Waals surface area contributed by atoms with Gasteiger partial charge in [0, 0.05) is 6.61 Å². The van der Waals surface area contributed by atoms with E-state index < -0.39 is 0 Å². The zero-order valence-corrected chi connectivity index (χ0v) is 31.3. The van der Waals surface area contributed by atoms with E-state index in [-0.39, 0.29) is 0 Å². The Kier molecular flexibility index (Phi) is 28.9. The summed E-state index contributed by atoms with van der Waals surface area (Å²) >= 11 is 0. The number of rotatable bonds is 37. The summed E-state index contributed by atoms with van der Waals surface area (Å²) in [5.74, 6) is 0. The number of aliphatic hydroxyl groups is 1. The van der Waals surface area contributed by atoms with Crippen molar-refractivity contribution in [2.75, 3.05) is 6.61 Å². The molecule has 0 amide bonds. The molecule has 264 valence electrons. The minimum Gasteiger partial charge on any atom is -0.396 e. The Morgan fingerprint density at radius 2 is 0.500 bits per heavy atom. The molecule has 1 rings (SSSR count). The van der Waals surface area contributed by atoms with Gasteiger partial charge in [0.25, 0.3) is 0 Å². The monoisotopic (exact) mass is 619 g/mol. The van der Waals surface area contributed by atoms with Crippen LogP contribution in [-0.2, 0) is 0 Å². The quantitative estimate of drug-likeness (QED) is 0.0687. The van der Waals surface area contributed by atoms with E-state index in [0.717, 1.165) is 6.42 Å². The highest BCUT2D eigenvalue weighted by atomic mass is 16.2. The molecule has 1 unspecified atom stereocenters. The SMILES string of the molecule is CCCCCCCCCCCCC1(CCCCO)CC1(CCCCCCCCCCCC)CCCCCCCCCCCC. The molecule has 0 aromatic carbocycles. The summed E-state index contributed by atoms with van der Waals surface area (Å²) in [6.45, 7) is 7.35. The first-order valence-corrected chi connectivity index (χ1v) is 21.3. The molecule has 1 aliphatic carbocycles. The molecule has 1 fully saturated rings. The zero-order valence-electron chi connectivity index (χ0n) is 31.3. The number of hydrogen-bond acceptors (Lipinski definition) is 1. The molecular formula is C43H86O. The smallest absolute Gasteiger partial charge is 0.0431 e. The van der Waals surface area contributed by atoms with Gasteiger partial charge in [0.05, 0.1) is 0 Å². The first-order valence-electron chi connectivity index (χ1n) is 21.3. The fraction of sp³-hybridized carbons (Fsp3) is 1.00. The van der Waals surface area contributed by atoms with Crippen LogP contribution in [0.1, 0.15) is 258 Å². The van der Waals surface area contributed by atoms with Crippen LogP contribution >= 0.6 is 0 Å². The third-order valence-corrected chi connectivity index (χ3v) is 11.8. The van der Waals surface area contributed by atoms with E-state index in [2.05, 4.69) is 20.8 Å². The summed E-state index contributed by atoms with van der Waals surface area (Å²) in [7, 11) is 0. The minimum atomic E-state index is 0.387. The summed E-state index contributed by atoms with van der Waals surface area (Å²) in [5, 5.41) is 9.59. The maximum atomic E-state index is 9.59. The van der Waals surface area contributed by atoms with Crippen LogP contribution in [0.3, 0.4) is 0 Å². The van der Waals surface area contributed by atoms with Crippen molar-refractivity contribution in [3.05, 3.63) is 0 Å². The Morgan fingerprint density at radius 1 is 0.295 bits per heavy atom. The first kappa shape index (κ1) is 42.0. The lowest BCUT2D eigenvalue weighted by atomic mass is 9.78. The Balaban J connectivity index is 2.50. The van der Waals surface area contributed by atoms with Crippen molar-refractivity contribution in [2.24, 2.45) is 10.8 Å². The van der Waals surface area contributed by atoms with E-state index in [4.69, 9.17) is 0 Å². The highest BCUT2D eigenvalue weighted by Gasteiger charge is 2.63. The molecule has 0 spiro atoms. The van der Waals surface area contributed by atoms with E-state index in [1.807, 2.05) is 0 Å². The summed E-state index contributed by atoms with van der Waals surface area (Å²) in [4.78, 5) is 0. The van der Waals surface area contributed by atoms with Crippen LogP contribution in [0.25, 0.3) is 0 Å². The van der Waals surface area contributed by atoms with Crippen LogP contribution in [0.2, 0.25) is 0 Å². The molecule has 0 aromatic heterocycles. The van der Waals surface area contributed by atoms with E-state index in [1.165, 1.54) is 231 Å². The summed E-state index contributed by atoms with van der Waals surface area (Å²) in [5.41, 5.74) is 1.28. The third-order valence-electron chi connectivity index (χ3n) is 11.8. The molecule has 0 heterocycles. The molecule has 1 heteroatoms. The van der Waals surface area contributed by atoms with Gasteiger partial charge in [0.15, 0.2) is 0 Å². The van der Waals surface area contributed by atoms with Gasteiger partial charge in [-0.15, -0.1) is 0 Å². The van der Waals surface area contributed by atoms with Crippen LogP contribution < -0.4 is 0 Å². The van der Waals surface area contributed by atoms with Crippen molar-refractivity contribution >= 4 is 0 Å². The normalized spacial score (nSPS) is 17.5. The van der Waals surface area contributed by atoms with Gasteiger partial charge >= 0.3 is 0 Å². The lowest BCUT2D eigenvalue weighted by molar-refractivity contribution is 0.224. The van der Waals surface area contributed by atoms with Gasteiger partial charge < -0.3 is 5.11 Å². The van der Waals surface area contributed by atoms with Gasteiger partial charge in [0.1, 0.15) is 0 Å². The van der Waals surface area contributed by atoms with Crippen molar-refractivity contribution in [3.63, 3.8) is 0 Å². The second kappa shape index (κ2) is 30.3. The molecular weight excluding hydrogens is 532 g/mol. The number of aliphatic hydroxyl groups excluding tert-OH is 1. The van der Waals surface area contributed by atoms with Crippen molar-refractivity contribution in [2.45, 2.75) is 258 Å². The van der Waals surface area contributed by atoms with Gasteiger partial charge in [-0.2, -0.15) is 0 Å². The van der Waals surface area contributed by atoms with Gasteiger partial charge in [-0.1, -0.05) is 220 Å². The van der Waals surface area contributed by atoms with Gasteiger partial charge in [-0.25, -0.2) is 0 Å². The highest BCUT2D eigenvalue weighted by Crippen LogP contribution is 2.73. The van der Waals surface area contributed by atoms with Crippen LogP contribution in [-0.4, -0.2) is 11.7 Å². The summed E-state index contributed by atoms with van der Waals surface area (Å²) in [6.07, 6.45) is 53.3. The molecule has 0 radical (unpaired) electrons. The predicted octanol–water partition coefficient (Wildman–Crippen LogP) is 15.5. The van der Waals surface area contributed by atoms with Crippen LogP contribution in [0.5, 0.6) is 0 Å². The molecule has 1 nitrogen and oxygen atoms in total. The molecule has 1 aliphatic rings. The Hall–Kier alpha value is -0.0400. The molecule has 0 aliphatic heterocycles. The van der Waals surface area contributed by atoms with Crippen molar-refractivity contribution in [1.82, 2.24) is 0 Å². The zero-order chi connectivity index (χ0) is 31.9. The Morgan fingerprint density at radius 3 is 0.727 bits per heavy atom. The van der Waals surface area contributed by atoms with Gasteiger partial charge in [-0.05, 0) is 49.4 Å². The lowest BCUT2D eigenvalue weighted by Gasteiger charge is -2.27. The maximum absolute atomic E-state index is 9.59. The van der Waals surface area contributed by atoms with Crippen molar-refractivity contribution in [1.29, 1.82) is 0 Å². The van der Waals surface area contributed by atoms with E-state index in [9.17, 15) is 5.11 Å². The largest absolute Gasteiger partial charge is 0.396 e. The lowest BCUT2D eigenvalue weighted by Crippen LogP contribution is -2.16.